The molecule has 1 aromatic rings. The van der Waals surface area contributed by atoms with E-state index < -0.39 is 0 Å². The van der Waals surface area contributed by atoms with Crippen LogP contribution in [-0.2, 0) is 0 Å². The van der Waals surface area contributed by atoms with Crippen LogP contribution < -0.4 is 10.2 Å². The van der Waals surface area contributed by atoms with E-state index in [1.54, 1.807) is 0 Å². The Morgan fingerprint density at radius 1 is 1.00 bits per heavy atom. The topological polar surface area (TPSA) is 41.1 Å². The van der Waals surface area contributed by atoms with Crippen molar-refractivity contribution in [3.8, 4) is 0 Å². The predicted molar refractivity (Wildman–Crippen MR) is 78.6 cm³/mol. The van der Waals surface area contributed by atoms with Crippen molar-refractivity contribution >= 4 is 11.8 Å². The van der Waals surface area contributed by atoms with Crippen molar-refractivity contribution < 1.29 is 0 Å². The van der Waals surface area contributed by atoms with Crippen molar-refractivity contribution in [3.63, 3.8) is 0 Å². The van der Waals surface area contributed by atoms with Gasteiger partial charge in [-0.3, -0.25) is 0 Å². The van der Waals surface area contributed by atoms with Gasteiger partial charge in [0.1, 0.15) is 5.82 Å². The number of aromatic nitrogens is 2. The summed E-state index contributed by atoms with van der Waals surface area (Å²) < 4.78 is 0. The summed E-state index contributed by atoms with van der Waals surface area (Å²) in [5.74, 6) is 1.91. The van der Waals surface area contributed by atoms with Crippen molar-refractivity contribution in [2.75, 3.05) is 23.3 Å². The molecular formula is C15H24N4. The van der Waals surface area contributed by atoms with Gasteiger partial charge >= 0.3 is 0 Å². The lowest BCUT2D eigenvalue weighted by molar-refractivity contribution is 0.460. The van der Waals surface area contributed by atoms with Gasteiger partial charge in [-0.2, -0.15) is 4.98 Å². The molecule has 104 valence electrons. The van der Waals surface area contributed by atoms with Crippen LogP contribution in [0.1, 0.15) is 51.4 Å². The van der Waals surface area contributed by atoms with E-state index in [0.29, 0.717) is 6.04 Å². The fourth-order valence-electron chi connectivity index (χ4n) is 3.15. The van der Waals surface area contributed by atoms with Gasteiger partial charge in [0.2, 0.25) is 5.95 Å². The molecule has 2 aliphatic rings. The van der Waals surface area contributed by atoms with Crippen LogP contribution >= 0.6 is 0 Å². The molecule has 0 aromatic carbocycles. The highest BCUT2D eigenvalue weighted by Crippen LogP contribution is 2.22. The third kappa shape index (κ3) is 3.37. The molecule has 0 radical (unpaired) electrons. The standard InChI is InChI=1S/C15H24N4/c1-3-7-13(8-4-1)17-15-16-10-9-14(18-15)19-11-5-2-6-12-19/h9-10,13H,1-8,11-12H2,(H,16,17,18). The minimum Gasteiger partial charge on any atom is -0.356 e. The third-order valence-corrected chi connectivity index (χ3v) is 4.26. The fourth-order valence-corrected chi connectivity index (χ4v) is 3.15. The van der Waals surface area contributed by atoms with Gasteiger partial charge in [0, 0.05) is 25.3 Å². The zero-order chi connectivity index (χ0) is 12.9. The van der Waals surface area contributed by atoms with Crippen LogP contribution in [0.25, 0.3) is 0 Å². The van der Waals surface area contributed by atoms with Crippen molar-refractivity contribution in [3.05, 3.63) is 12.3 Å². The molecule has 0 bridgehead atoms. The number of nitrogens with zero attached hydrogens (tertiary/aromatic N) is 3. The number of anilines is 2. The zero-order valence-electron chi connectivity index (χ0n) is 11.6. The van der Waals surface area contributed by atoms with E-state index in [9.17, 15) is 0 Å². The Morgan fingerprint density at radius 2 is 1.74 bits per heavy atom. The van der Waals surface area contributed by atoms with Gasteiger partial charge in [-0.25, -0.2) is 4.98 Å². The SMILES string of the molecule is c1cc(N2CCCCC2)nc(NC2CCCCC2)n1. The summed E-state index contributed by atoms with van der Waals surface area (Å²) in [5, 5.41) is 3.51. The fraction of sp³-hybridized carbons (Fsp3) is 0.733. The summed E-state index contributed by atoms with van der Waals surface area (Å²) in [5.41, 5.74) is 0. The predicted octanol–water partition coefficient (Wildman–Crippen LogP) is 3.21. The maximum absolute atomic E-state index is 4.69. The molecule has 19 heavy (non-hydrogen) atoms. The molecule has 1 N–H and O–H groups in total. The Hall–Kier alpha value is -1.32. The highest BCUT2D eigenvalue weighted by atomic mass is 15.2. The van der Waals surface area contributed by atoms with Crippen LogP contribution in [0.4, 0.5) is 11.8 Å². The first kappa shape index (κ1) is 12.7. The molecular weight excluding hydrogens is 236 g/mol. The lowest BCUT2D eigenvalue weighted by Crippen LogP contribution is -2.30. The van der Waals surface area contributed by atoms with Gasteiger partial charge in [0.15, 0.2) is 0 Å². The first-order valence-electron chi connectivity index (χ1n) is 7.76. The molecule has 2 heterocycles. The Balaban J connectivity index is 1.64. The minimum absolute atomic E-state index is 0.574. The highest BCUT2D eigenvalue weighted by Gasteiger charge is 2.16. The maximum atomic E-state index is 4.69. The van der Waals surface area contributed by atoms with Crippen molar-refractivity contribution in [2.24, 2.45) is 0 Å². The highest BCUT2D eigenvalue weighted by molar-refractivity contribution is 5.43. The Bertz CT molecular complexity index is 395. The van der Waals surface area contributed by atoms with Gasteiger partial charge in [-0.1, -0.05) is 19.3 Å². The van der Waals surface area contributed by atoms with E-state index in [-0.39, 0.29) is 0 Å². The molecule has 1 aliphatic carbocycles. The molecule has 3 rings (SSSR count). The molecule has 1 saturated heterocycles. The summed E-state index contributed by atoms with van der Waals surface area (Å²) in [4.78, 5) is 11.5. The molecule has 4 heteroatoms. The van der Waals surface area contributed by atoms with Gasteiger partial charge < -0.3 is 10.2 Å². The molecule has 0 amide bonds. The van der Waals surface area contributed by atoms with E-state index in [4.69, 9.17) is 4.98 Å². The molecule has 2 fully saturated rings. The minimum atomic E-state index is 0.574. The van der Waals surface area contributed by atoms with E-state index in [0.717, 1.165) is 24.9 Å². The lowest BCUT2D eigenvalue weighted by atomic mass is 9.96. The number of nitrogens with one attached hydrogen (secondary N) is 1. The average molecular weight is 260 g/mol. The summed E-state index contributed by atoms with van der Waals surface area (Å²) in [7, 11) is 0. The third-order valence-electron chi connectivity index (χ3n) is 4.26. The first-order valence-corrected chi connectivity index (χ1v) is 7.76. The maximum Gasteiger partial charge on any atom is 0.224 e. The molecule has 0 spiro atoms. The van der Waals surface area contributed by atoms with E-state index >= 15 is 0 Å². The van der Waals surface area contributed by atoms with Crippen LogP contribution in [0, 0.1) is 0 Å². The lowest BCUT2D eigenvalue weighted by Gasteiger charge is -2.28. The number of rotatable bonds is 3. The Kier molecular flexibility index (Phi) is 4.16. The quantitative estimate of drug-likeness (QED) is 0.906. The second-order valence-corrected chi connectivity index (χ2v) is 5.77. The molecule has 0 atom stereocenters. The van der Waals surface area contributed by atoms with Gasteiger partial charge in [0.05, 0.1) is 0 Å². The average Bonchev–Trinajstić information content (AvgIpc) is 2.49. The van der Waals surface area contributed by atoms with Crippen LogP contribution in [0.15, 0.2) is 12.3 Å². The zero-order valence-corrected chi connectivity index (χ0v) is 11.6. The Labute approximate surface area is 115 Å². The van der Waals surface area contributed by atoms with E-state index in [1.165, 1.54) is 51.4 Å². The van der Waals surface area contributed by atoms with Crippen LogP contribution in [0.3, 0.4) is 0 Å². The van der Waals surface area contributed by atoms with Crippen LogP contribution in [0.2, 0.25) is 0 Å². The largest absolute Gasteiger partial charge is 0.356 e. The first-order chi connectivity index (χ1) is 9.42. The molecule has 1 aromatic heterocycles. The van der Waals surface area contributed by atoms with Crippen molar-refractivity contribution in [2.45, 2.75) is 57.4 Å². The molecule has 1 saturated carbocycles. The molecule has 4 nitrogen and oxygen atoms in total. The smallest absolute Gasteiger partial charge is 0.224 e. The summed E-state index contributed by atoms with van der Waals surface area (Å²) >= 11 is 0. The van der Waals surface area contributed by atoms with Crippen molar-refractivity contribution in [1.82, 2.24) is 9.97 Å². The number of piperidine rings is 1. The normalized spacial score (nSPS) is 21.4. The molecule has 1 aliphatic heterocycles. The number of hydrogen-bond donors (Lipinski definition) is 1. The molecule has 0 unspecified atom stereocenters. The summed E-state index contributed by atoms with van der Waals surface area (Å²) in [6.07, 6.45) is 12.4. The van der Waals surface area contributed by atoms with Crippen molar-refractivity contribution in [1.29, 1.82) is 0 Å². The van der Waals surface area contributed by atoms with Crippen LogP contribution in [0.5, 0.6) is 0 Å². The Morgan fingerprint density at radius 3 is 2.53 bits per heavy atom. The second-order valence-electron chi connectivity index (χ2n) is 5.77. The summed E-state index contributed by atoms with van der Waals surface area (Å²) in [6.45, 7) is 2.28. The van der Waals surface area contributed by atoms with Crippen LogP contribution in [-0.4, -0.2) is 29.1 Å². The second kappa shape index (κ2) is 6.22. The van der Waals surface area contributed by atoms with E-state index in [2.05, 4.69) is 15.2 Å². The monoisotopic (exact) mass is 260 g/mol. The summed E-state index contributed by atoms with van der Waals surface area (Å²) in [6, 6.07) is 2.61. The van der Waals surface area contributed by atoms with Gasteiger partial charge in [0.25, 0.3) is 0 Å². The van der Waals surface area contributed by atoms with Gasteiger partial charge in [-0.15, -0.1) is 0 Å². The number of hydrogen-bond acceptors (Lipinski definition) is 4. The van der Waals surface area contributed by atoms with Gasteiger partial charge in [-0.05, 0) is 38.2 Å². The van der Waals surface area contributed by atoms with E-state index in [1.807, 2.05) is 12.3 Å².